The quantitative estimate of drug-likeness (QED) is 0.447. The number of nitrogens with zero attached hydrogens (tertiary/aromatic N) is 4. The van der Waals surface area contributed by atoms with E-state index in [9.17, 15) is 24.0 Å². The second kappa shape index (κ2) is 12.8. The molecular formula is C29H32N6O9. The number of rotatable bonds is 8. The summed E-state index contributed by atoms with van der Waals surface area (Å²) >= 11 is 0. The molecule has 4 fully saturated rings. The van der Waals surface area contributed by atoms with Gasteiger partial charge in [0.25, 0.3) is 11.8 Å². The third-order valence-corrected chi connectivity index (χ3v) is 7.65. The van der Waals surface area contributed by atoms with Crippen LogP contribution in [0.25, 0.3) is 0 Å². The summed E-state index contributed by atoms with van der Waals surface area (Å²) in [5.41, 5.74) is 2.67. The molecule has 2 aromatic carbocycles. The molecule has 232 valence electrons. The molecule has 2 unspecified atom stereocenters. The number of urea groups is 1. The summed E-state index contributed by atoms with van der Waals surface area (Å²) < 4.78 is 21.1. The van der Waals surface area contributed by atoms with E-state index < -0.39 is 30.4 Å². The Balaban J connectivity index is 0.936. The minimum atomic E-state index is -0.565. The molecule has 4 aliphatic rings. The largest absolute Gasteiger partial charge is 0.442 e. The Labute approximate surface area is 252 Å². The number of hydrogen-bond acceptors (Lipinski definition) is 9. The SMILES string of the molecule is O=C(NCC1CN(c2ccc(N3CCOCC3=O)cc2)C(=O)O1)NCC1CN(c2ccc(N3CCOCC3=O)cc2)C(=O)O1. The van der Waals surface area contributed by atoms with Gasteiger partial charge in [0.05, 0.1) is 39.4 Å². The Morgan fingerprint density at radius 3 is 1.34 bits per heavy atom. The van der Waals surface area contributed by atoms with E-state index in [0.29, 0.717) is 37.7 Å². The van der Waals surface area contributed by atoms with Crippen molar-refractivity contribution in [2.24, 2.45) is 0 Å². The number of morpholine rings is 2. The minimum absolute atomic E-state index is 0.0436. The van der Waals surface area contributed by atoms with E-state index in [1.54, 1.807) is 58.3 Å². The van der Waals surface area contributed by atoms with Gasteiger partial charge in [-0.25, -0.2) is 14.4 Å². The maximum atomic E-state index is 12.5. The summed E-state index contributed by atoms with van der Waals surface area (Å²) in [6.07, 6.45) is -2.20. The molecule has 0 spiro atoms. The molecule has 4 heterocycles. The van der Waals surface area contributed by atoms with E-state index in [1.165, 1.54) is 9.80 Å². The van der Waals surface area contributed by atoms with Crippen molar-refractivity contribution < 1.29 is 42.9 Å². The van der Waals surface area contributed by atoms with Gasteiger partial charge in [-0.3, -0.25) is 19.4 Å². The number of carbonyl (C=O) groups excluding carboxylic acids is 5. The lowest BCUT2D eigenvalue weighted by molar-refractivity contribution is -0.126. The van der Waals surface area contributed by atoms with Gasteiger partial charge in [-0.1, -0.05) is 0 Å². The van der Waals surface area contributed by atoms with Gasteiger partial charge >= 0.3 is 18.2 Å². The number of carbonyl (C=O) groups is 5. The molecule has 0 saturated carbocycles. The average molecular weight is 609 g/mol. The van der Waals surface area contributed by atoms with E-state index in [2.05, 4.69) is 10.6 Å². The van der Waals surface area contributed by atoms with Crippen LogP contribution in [0.5, 0.6) is 0 Å². The maximum Gasteiger partial charge on any atom is 0.414 e. The molecule has 2 N–H and O–H groups in total. The maximum absolute atomic E-state index is 12.5. The lowest BCUT2D eigenvalue weighted by Crippen LogP contribution is -2.44. The third-order valence-electron chi connectivity index (χ3n) is 7.65. The fraction of sp³-hybridized carbons (Fsp3) is 0.414. The van der Waals surface area contributed by atoms with E-state index in [4.69, 9.17) is 18.9 Å². The molecule has 2 atom stereocenters. The first-order chi connectivity index (χ1) is 21.4. The average Bonchev–Trinajstić information content (AvgIpc) is 3.61. The normalized spacial score (nSPS) is 22.3. The van der Waals surface area contributed by atoms with Crippen LogP contribution in [0.1, 0.15) is 0 Å². The fourth-order valence-electron chi connectivity index (χ4n) is 5.36. The predicted octanol–water partition coefficient (Wildman–Crippen LogP) is 1.06. The first-order valence-corrected chi connectivity index (χ1v) is 14.3. The zero-order chi connectivity index (χ0) is 30.6. The Bertz CT molecular complexity index is 1310. The summed E-state index contributed by atoms with van der Waals surface area (Å²) in [6.45, 7) is 2.60. The molecule has 15 heteroatoms. The zero-order valence-electron chi connectivity index (χ0n) is 23.8. The van der Waals surface area contributed by atoms with Gasteiger partial charge in [-0.2, -0.15) is 0 Å². The zero-order valence-corrected chi connectivity index (χ0v) is 23.8. The van der Waals surface area contributed by atoms with Crippen molar-refractivity contribution in [2.45, 2.75) is 12.2 Å². The van der Waals surface area contributed by atoms with Crippen molar-refractivity contribution >= 4 is 52.8 Å². The van der Waals surface area contributed by atoms with Gasteiger partial charge in [0.15, 0.2) is 0 Å². The van der Waals surface area contributed by atoms with Crippen LogP contribution in [0.3, 0.4) is 0 Å². The van der Waals surface area contributed by atoms with Crippen molar-refractivity contribution in [1.82, 2.24) is 10.6 Å². The Morgan fingerprint density at radius 1 is 0.614 bits per heavy atom. The van der Waals surface area contributed by atoms with Gasteiger partial charge in [-0.15, -0.1) is 0 Å². The molecule has 6 amide bonds. The van der Waals surface area contributed by atoms with Gasteiger partial charge in [0.2, 0.25) is 0 Å². The second-order valence-electron chi connectivity index (χ2n) is 10.6. The summed E-state index contributed by atoms with van der Waals surface area (Å²) in [5.74, 6) is -0.238. The van der Waals surface area contributed by atoms with Gasteiger partial charge in [0, 0.05) is 35.8 Å². The number of benzene rings is 2. The number of cyclic esters (lactones) is 2. The van der Waals surface area contributed by atoms with E-state index in [-0.39, 0.29) is 51.2 Å². The van der Waals surface area contributed by atoms with E-state index >= 15 is 0 Å². The summed E-state index contributed by atoms with van der Waals surface area (Å²) in [6, 6.07) is 13.6. The highest BCUT2D eigenvalue weighted by Gasteiger charge is 2.34. The molecule has 0 aliphatic carbocycles. The molecule has 4 saturated heterocycles. The molecule has 0 bridgehead atoms. The topological polar surface area (TPSA) is 159 Å². The van der Waals surface area contributed by atoms with Gasteiger partial charge < -0.3 is 39.4 Å². The highest BCUT2D eigenvalue weighted by molar-refractivity contribution is 5.96. The third kappa shape index (κ3) is 6.38. The number of amides is 6. The number of ether oxygens (including phenoxy) is 4. The molecule has 4 aliphatic heterocycles. The fourth-order valence-corrected chi connectivity index (χ4v) is 5.36. The number of hydrogen-bond donors (Lipinski definition) is 2. The Hall–Kier alpha value is -4.89. The lowest BCUT2D eigenvalue weighted by Gasteiger charge is -2.27. The highest BCUT2D eigenvalue weighted by atomic mass is 16.6. The molecule has 6 rings (SSSR count). The summed E-state index contributed by atoms with van der Waals surface area (Å²) in [4.78, 5) is 67.7. The summed E-state index contributed by atoms with van der Waals surface area (Å²) in [5, 5.41) is 5.38. The van der Waals surface area contributed by atoms with Crippen molar-refractivity contribution in [2.75, 3.05) is 85.3 Å². The highest BCUT2D eigenvalue weighted by Crippen LogP contribution is 2.27. The van der Waals surface area contributed by atoms with Crippen molar-refractivity contribution in [3.05, 3.63) is 48.5 Å². The Kier molecular flexibility index (Phi) is 8.47. The van der Waals surface area contributed by atoms with Crippen LogP contribution in [0, 0.1) is 0 Å². The molecule has 0 radical (unpaired) electrons. The number of anilines is 4. The second-order valence-corrected chi connectivity index (χ2v) is 10.6. The monoisotopic (exact) mass is 608 g/mol. The first-order valence-electron chi connectivity index (χ1n) is 14.3. The van der Waals surface area contributed by atoms with Crippen LogP contribution < -0.4 is 30.2 Å². The minimum Gasteiger partial charge on any atom is -0.442 e. The molecule has 44 heavy (non-hydrogen) atoms. The Morgan fingerprint density at radius 2 is 0.977 bits per heavy atom. The van der Waals surface area contributed by atoms with Crippen LogP contribution in [0.15, 0.2) is 48.5 Å². The van der Waals surface area contributed by atoms with Crippen LogP contribution >= 0.6 is 0 Å². The van der Waals surface area contributed by atoms with E-state index in [0.717, 1.165) is 11.4 Å². The van der Waals surface area contributed by atoms with Crippen molar-refractivity contribution in [3.63, 3.8) is 0 Å². The molecule has 15 nitrogen and oxygen atoms in total. The van der Waals surface area contributed by atoms with Crippen LogP contribution in [0.2, 0.25) is 0 Å². The standard InChI is InChI=1S/C29H32N6O9/c36-25-17-41-11-9-32(25)19-1-5-21(6-2-19)34-15-23(43-28(34)39)13-30-27(38)31-14-24-16-35(29(40)44-24)22-7-3-20(4-8-22)33-10-12-42-18-26(33)37/h1-8,23-24H,9-18H2,(H2,30,31,38). The van der Waals surface area contributed by atoms with Gasteiger partial charge in [-0.05, 0) is 48.5 Å². The lowest BCUT2D eigenvalue weighted by atomic mass is 10.2. The van der Waals surface area contributed by atoms with Gasteiger partial charge in [0.1, 0.15) is 25.4 Å². The van der Waals surface area contributed by atoms with E-state index in [1.807, 2.05) is 0 Å². The van der Waals surface area contributed by atoms with Crippen molar-refractivity contribution in [1.29, 1.82) is 0 Å². The predicted molar refractivity (Wildman–Crippen MR) is 156 cm³/mol. The van der Waals surface area contributed by atoms with Crippen LogP contribution in [-0.4, -0.2) is 108 Å². The van der Waals surface area contributed by atoms with Crippen molar-refractivity contribution in [3.8, 4) is 0 Å². The smallest absolute Gasteiger partial charge is 0.414 e. The van der Waals surface area contributed by atoms with Crippen LogP contribution in [-0.2, 0) is 28.5 Å². The molecule has 2 aromatic rings. The van der Waals surface area contributed by atoms with Crippen LogP contribution in [0.4, 0.5) is 37.1 Å². The molecule has 0 aromatic heterocycles. The molecular weight excluding hydrogens is 576 g/mol. The first kappa shape index (κ1) is 29.2. The summed E-state index contributed by atoms with van der Waals surface area (Å²) in [7, 11) is 0. The number of nitrogens with one attached hydrogen (secondary N) is 2.